The number of amides is 2. The third-order valence-electron chi connectivity index (χ3n) is 3.47. The Morgan fingerprint density at radius 1 is 1.10 bits per heavy atom. The minimum atomic E-state index is -0.565. The molecule has 0 bridgehead atoms. The maximum Gasteiger partial charge on any atom is 0.316 e. The quantitative estimate of drug-likeness (QED) is 0.810. The Labute approximate surface area is 123 Å². The van der Waals surface area contributed by atoms with Crippen LogP contribution < -0.4 is 16.4 Å². The summed E-state index contributed by atoms with van der Waals surface area (Å²) in [6.45, 7) is 1.30. The molecule has 4 N–H and O–H groups in total. The molecule has 2 amide bonds. The second-order valence-corrected chi connectivity index (χ2v) is 4.98. The van der Waals surface area contributed by atoms with Crippen LogP contribution in [0.5, 0.6) is 0 Å². The van der Waals surface area contributed by atoms with E-state index in [4.69, 9.17) is 10.5 Å². The van der Waals surface area contributed by atoms with E-state index in [-0.39, 0.29) is 6.04 Å². The van der Waals surface area contributed by atoms with Gasteiger partial charge in [-0.3, -0.25) is 0 Å². The van der Waals surface area contributed by atoms with E-state index in [9.17, 15) is 4.79 Å². The second-order valence-electron chi connectivity index (χ2n) is 4.98. The van der Waals surface area contributed by atoms with Gasteiger partial charge >= 0.3 is 6.03 Å². The smallest absolute Gasteiger partial charge is 0.316 e. The van der Waals surface area contributed by atoms with Crippen molar-refractivity contribution in [3.63, 3.8) is 0 Å². The molecule has 2 aromatic carbocycles. The fourth-order valence-corrected chi connectivity index (χ4v) is 2.49. The van der Waals surface area contributed by atoms with Crippen molar-refractivity contribution in [2.45, 2.75) is 12.6 Å². The molecule has 0 radical (unpaired) electrons. The van der Waals surface area contributed by atoms with E-state index < -0.39 is 6.03 Å². The van der Waals surface area contributed by atoms with Crippen molar-refractivity contribution in [3.05, 3.63) is 59.7 Å². The van der Waals surface area contributed by atoms with Crippen molar-refractivity contribution >= 4 is 17.4 Å². The van der Waals surface area contributed by atoms with Crippen molar-refractivity contribution in [2.24, 2.45) is 5.73 Å². The van der Waals surface area contributed by atoms with E-state index in [1.807, 2.05) is 36.4 Å². The molecule has 1 atom stereocenters. The van der Waals surface area contributed by atoms with Crippen LogP contribution in [0.15, 0.2) is 48.5 Å². The predicted molar refractivity (Wildman–Crippen MR) is 82.1 cm³/mol. The first-order valence-electron chi connectivity index (χ1n) is 6.81. The van der Waals surface area contributed by atoms with Crippen LogP contribution in [-0.2, 0) is 11.3 Å². The number of ether oxygens (including phenoxy) is 1. The maximum absolute atomic E-state index is 10.8. The van der Waals surface area contributed by atoms with Gasteiger partial charge in [-0.15, -0.1) is 0 Å². The van der Waals surface area contributed by atoms with E-state index in [1.54, 1.807) is 0 Å². The van der Waals surface area contributed by atoms with Gasteiger partial charge in [0.05, 0.1) is 19.3 Å². The molecule has 1 aliphatic heterocycles. The lowest BCUT2D eigenvalue weighted by Crippen LogP contribution is -2.23. The monoisotopic (exact) mass is 283 g/mol. The molecule has 108 valence electrons. The first-order chi connectivity index (χ1) is 10.2. The van der Waals surface area contributed by atoms with E-state index in [0.717, 1.165) is 5.69 Å². The molecule has 0 saturated heterocycles. The summed E-state index contributed by atoms with van der Waals surface area (Å²) in [6.07, 6.45) is 0. The number of fused-ring (bicyclic) bond motifs is 1. The van der Waals surface area contributed by atoms with Gasteiger partial charge < -0.3 is 21.1 Å². The number of carbonyl (C=O) groups excluding carboxylic acids is 1. The van der Waals surface area contributed by atoms with Gasteiger partial charge in [0.15, 0.2) is 0 Å². The molecule has 5 nitrogen and oxygen atoms in total. The SMILES string of the molecule is NC(=O)Nc1ccc(NC2COCc3ccccc32)cc1. The molecular weight excluding hydrogens is 266 g/mol. The highest BCUT2D eigenvalue weighted by molar-refractivity contribution is 5.87. The summed E-state index contributed by atoms with van der Waals surface area (Å²) >= 11 is 0. The van der Waals surface area contributed by atoms with Crippen molar-refractivity contribution in [2.75, 3.05) is 17.2 Å². The summed E-state index contributed by atoms with van der Waals surface area (Å²) in [4.78, 5) is 10.8. The maximum atomic E-state index is 10.8. The summed E-state index contributed by atoms with van der Waals surface area (Å²) in [5.41, 5.74) is 9.21. The van der Waals surface area contributed by atoms with Gasteiger partial charge in [0.1, 0.15) is 0 Å². The van der Waals surface area contributed by atoms with Crippen molar-refractivity contribution in [1.29, 1.82) is 0 Å². The number of benzene rings is 2. The molecule has 0 aromatic heterocycles. The number of carbonyl (C=O) groups is 1. The molecule has 0 aliphatic carbocycles. The molecular formula is C16H17N3O2. The highest BCUT2D eigenvalue weighted by Crippen LogP contribution is 2.28. The zero-order chi connectivity index (χ0) is 14.7. The highest BCUT2D eigenvalue weighted by atomic mass is 16.5. The Hall–Kier alpha value is -2.53. The summed E-state index contributed by atoms with van der Waals surface area (Å²) in [6, 6.07) is 15.3. The third-order valence-corrected chi connectivity index (χ3v) is 3.47. The van der Waals surface area contributed by atoms with E-state index in [0.29, 0.717) is 18.9 Å². The molecule has 1 unspecified atom stereocenters. The van der Waals surface area contributed by atoms with Gasteiger partial charge in [-0.2, -0.15) is 0 Å². The number of anilines is 2. The summed E-state index contributed by atoms with van der Waals surface area (Å²) in [5, 5.41) is 5.99. The van der Waals surface area contributed by atoms with Gasteiger partial charge in [0.2, 0.25) is 0 Å². The number of hydrogen-bond donors (Lipinski definition) is 3. The van der Waals surface area contributed by atoms with Gasteiger partial charge in [-0.1, -0.05) is 24.3 Å². The molecule has 0 fully saturated rings. The van der Waals surface area contributed by atoms with Crippen LogP contribution in [0.3, 0.4) is 0 Å². The number of primary amides is 1. The number of hydrogen-bond acceptors (Lipinski definition) is 3. The highest BCUT2D eigenvalue weighted by Gasteiger charge is 2.19. The topological polar surface area (TPSA) is 76.4 Å². The van der Waals surface area contributed by atoms with E-state index >= 15 is 0 Å². The lowest BCUT2D eigenvalue weighted by molar-refractivity contribution is 0.0970. The van der Waals surface area contributed by atoms with Gasteiger partial charge in [-0.05, 0) is 35.4 Å². The zero-order valence-corrected chi connectivity index (χ0v) is 11.5. The average molecular weight is 283 g/mol. The Balaban J connectivity index is 1.74. The van der Waals surface area contributed by atoms with Crippen LogP contribution in [0.1, 0.15) is 17.2 Å². The number of nitrogens with one attached hydrogen (secondary N) is 2. The van der Waals surface area contributed by atoms with Crippen molar-refractivity contribution in [1.82, 2.24) is 0 Å². The minimum absolute atomic E-state index is 0.130. The Kier molecular flexibility index (Phi) is 3.75. The minimum Gasteiger partial charge on any atom is -0.376 e. The van der Waals surface area contributed by atoms with Crippen LogP contribution in [0.25, 0.3) is 0 Å². The second kappa shape index (κ2) is 5.85. The number of urea groups is 1. The molecule has 0 saturated carbocycles. The Morgan fingerprint density at radius 3 is 2.57 bits per heavy atom. The van der Waals surface area contributed by atoms with Crippen LogP contribution in [0.4, 0.5) is 16.2 Å². The Morgan fingerprint density at radius 2 is 1.81 bits per heavy atom. The molecule has 21 heavy (non-hydrogen) atoms. The van der Waals surface area contributed by atoms with Crippen molar-refractivity contribution in [3.8, 4) is 0 Å². The fourth-order valence-electron chi connectivity index (χ4n) is 2.49. The summed E-state index contributed by atoms with van der Waals surface area (Å²) in [5.74, 6) is 0. The van der Waals surface area contributed by atoms with E-state index in [1.165, 1.54) is 11.1 Å². The summed E-state index contributed by atoms with van der Waals surface area (Å²) < 4.78 is 5.62. The standard InChI is InChI=1S/C16H17N3O2/c17-16(20)19-13-7-5-12(6-8-13)18-15-10-21-9-11-3-1-2-4-14(11)15/h1-8,15,18H,9-10H2,(H3,17,19,20). The fraction of sp³-hybridized carbons (Fsp3) is 0.188. The molecule has 0 spiro atoms. The molecule has 1 aliphatic rings. The average Bonchev–Trinajstić information content (AvgIpc) is 2.49. The van der Waals surface area contributed by atoms with Gasteiger partial charge in [0, 0.05) is 11.4 Å². The van der Waals surface area contributed by atoms with Crippen LogP contribution >= 0.6 is 0 Å². The third kappa shape index (κ3) is 3.14. The van der Waals surface area contributed by atoms with Gasteiger partial charge in [0.25, 0.3) is 0 Å². The lowest BCUT2D eigenvalue weighted by Gasteiger charge is -2.27. The lowest BCUT2D eigenvalue weighted by atomic mass is 9.99. The normalized spacial score (nSPS) is 16.9. The number of rotatable bonds is 3. The molecule has 3 rings (SSSR count). The van der Waals surface area contributed by atoms with E-state index in [2.05, 4.69) is 22.8 Å². The summed E-state index contributed by atoms with van der Waals surface area (Å²) in [7, 11) is 0. The molecule has 2 aromatic rings. The molecule has 1 heterocycles. The van der Waals surface area contributed by atoms with Crippen LogP contribution in [-0.4, -0.2) is 12.6 Å². The van der Waals surface area contributed by atoms with Crippen molar-refractivity contribution < 1.29 is 9.53 Å². The van der Waals surface area contributed by atoms with Crippen LogP contribution in [0, 0.1) is 0 Å². The first kappa shape index (κ1) is 13.5. The number of nitrogens with two attached hydrogens (primary N) is 1. The first-order valence-corrected chi connectivity index (χ1v) is 6.81. The Bertz CT molecular complexity index is 640. The van der Waals surface area contributed by atoms with Gasteiger partial charge in [-0.25, -0.2) is 4.79 Å². The largest absolute Gasteiger partial charge is 0.376 e. The molecule has 5 heteroatoms. The predicted octanol–water partition coefficient (Wildman–Crippen LogP) is 2.86. The van der Waals surface area contributed by atoms with Crippen LogP contribution in [0.2, 0.25) is 0 Å². The zero-order valence-electron chi connectivity index (χ0n) is 11.5.